The SMILES string of the molecule is CCC1C(=O)NC2CC(NC(=O)c3cc(OC)ccc3Br)CCC2C1C. The highest BCUT2D eigenvalue weighted by Crippen LogP contribution is 2.39. The summed E-state index contributed by atoms with van der Waals surface area (Å²) in [4.78, 5) is 25.0. The van der Waals surface area contributed by atoms with Gasteiger partial charge in [0.15, 0.2) is 0 Å². The lowest BCUT2D eigenvalue weighted by Gasteiger charge is -2.46. The second-order valence-electron chi connectivity index (χ2n) is 7.48. The number of ether oxygens (including phenoxy) is 1. The van der Waals surface area contributed by atoms with Crippen molar-refractivity contribution in [3.05, 3.63) is 28.2 Å². The molecule has 142 valence electrons. The molecule has 1 aliphatic carbocycles. The molecule has 2 aliphatic rings. The molecule has 0 aromatic heterocycles. The Bertz CT molecular complexity index is 694. The first-order valence-corrected chi connectivity index (χ1v) is 10.2. The minimum atomic E-state index is -0.110. The van der Waals surface area contributed by atoms with Gasteiger partial charge < -0.3 is 15.4 Å². The topological polar surface area (TPSA) is 67.4 Å². The maximum atomic E-state index is 12.7. The standard InChI is InChI=1S/C20H27BrN2O3/c1-4-14-11(2)15-7-5-12(9-18(15)23-19(14)24)22-20(25)16-10-13(26-3)6-8-17(16)21/h6,8,10-12,14-15,18H,4-5,7,9H2,1-3H3,(H,22,25)(H,23,24). The number of nitrogens with one attached hydrogen (secondary N) is 2. The number of hydrogen-bond donors (Lipinski definition) is 2. The van der Waals surface area contributed by atoms with Crippen LogP contribution in [0.1, 0.15) is 49.9 Å². The van der Waals surface area contributed by atoms with Gasteiger partial charge >= 0.3 is 0 Å². The smallest absolute Gasteiger partial charge is 0.252 e. The van der Waals surface area contributed by atoms with Gasteiger partial charge in [-0.15, -0.1) is 0 Å². The van der Waals surface area contributed by atoms with Gasteiger partial charge in [-0.3, -0.25) is 9.59 Å². The molecule has 0 radical (unpaired) electrons. The molecule has 1 heterocycles. The number of carbonyl (C=O) groups is 2. The largest absolute Gasteiger partial charge is 0.497 e. The molecule has 0 spiro atoms. The number of piperidine rings is 1. The number of rotatable bonds is 4. The van der Waals surface area contributed by atoms with Gasteiger partial charge in [0.1, 0.15) is 5.75 Å². The van der Waals surface area contributed by atoms with Gasteiger partial charge in [0.05, 0.1) is 12.7 Å². The summed E-state index contributed by atoms with van der Waals surface area (Å²) < 4.78 is 5.96. The van der Waals surface area contributed by atoms with Crippen molar-refractivity contribution in [2.45, 2.75) is 51.6 Å². The minimum absolute atomic E-state index is 0.0764. The van der Waals surface area contributed by atoms with Crippen molar-refractivity contribution in [3.63, 3.8) is 0 Å². The molecular formula is C20H27BrN2O3. The molecule has 5 nitrogen and oxygen atoms in total. The number of fused-ring (bicyclic) bond motifs is 1. The molecule has 1 saturated carbocycles. The fourth-order valence-electron chi connectivity index (χ4n) is 4.57. The Balaban J connectivity index is 1.66. The first-order valence-electron chi connectivity index (χ1n) is 9.39. The van der Waals surface area contributed by atoms with E-state index in [4.69, 9.17) is 4.74 Å². The van der Waals surface area contributed by atoms with E-state index in [2.05, 4.69) is 40.4 Å². The molecule has 1 aromatic rings. The van der Waals surface area contributed by atoms with Gasteiger partial charge in [-0.2, -0.15) is 0 Å². The van der Waals surface area contributed by atoms with Gasteiger partial charge in [0.25, 0.3) is 5.91 Å². The monoisotopic (exact) mass is 422 g/mol. The van der Waals surface area contributed by atoms with Crippen molar-refractivity contribution in [2.24, 2.45) is 17.8 Å². The normalized spacial score (nSPS) is 30.9. The zero-order valence-corrected chi connectivity index (χ0v) is 17.1. The van der Waals surface area contributed by atoms with Crippen LogP contribution in [-0.2, 0) is 4.79 Å². The van der Waals surface area contributed by atoms with Crippen molar-refractivity contribution in [1.29, 1.82) is 0 Å². The van der Waals surface area contributed by atoms with Crippen molar-refractivity contribution in [1.82, 2.24) is 10.6 Å². The van der Waals surface area contributed by atoms with E-state index >= 15 is 0 Å². The van der Waals surface area contributed by atoms with E-state index in [-0.39, 0.29) is 29.8 Å². The Morgan fingerprint density at radius 3 is 2.85 bits per heavy atom. The predicted octanol–water partition coefficient (Wildman–Crippen LogP) is 3.52. The van der Waals surface area contributed by atoms with E-state index in [1.54, 1.807) is 13.2 Å². The van der Waals surface area contributed by atoms with Crippen LogP contribution in [0.15, 0.2) is 22.7 Å². The van der Waals surface area contributed by atoms with Crippen molar-refractivity contribution in [2.75, 3.05) is 7.11 Å². The lowest BCUT2D eigenvalue weighted by Crippen LogP contribution is -2.58. The Hall–Kier alpha value is -1.56. The molecule has 3 rings (SSSR count). The van der Waals surface area contributed by atoms with E-state index in [1.165, 1.54) is 0 Å². The molecule has 6 heteroatoms. The third-order valence-electron chi connectivity index (χ3n) is 6.07. The van der Waals surface area contributed by atoms with E-state index < -0.39 is 0 Å². The number of amides is 2. The van der Waals surface area contributed by atoms with Crippen molar-refractivity contribution >= 4 is 27.7 Å². The van der Waals surface area contributed by atoms with E-state index in [9.17, 15) is 9.59 Å². The highest BCUT2D eigenvalue weighted by Gasteiger charge is 2.43. The van der Waals surface area contributed by atoms with Gasteiger partial charge in [-0.05, 0) is 71.6 Å². The third kappa shape index (κ3) is 3.75. The molecule has 5 unspecified atom stereocenters. The van der Waals surface area contributed by atoms with E-state index in [1.807, 2.05) is 12.1 Å². The molecule has 2 N–H and O–H groups in total. The highest BCUT2D eigenvalue weighted by atomic mass is 79.9. The van der Waals surface area contributed by atoms with Gasteiger partial charge in [-0.1, -0.05) is 13.8 Å². The second kappa shape index (κ2) is 7.99. The highest BCUT2D eigenvalue weighted by molar-refractivity contribution is 9.10. The summed E-state index contributed by atoms with van der Waals surface area (Å²) in [6.45, 7) is 4.29. The van der Waals surface area contributed by atoms with Crippen LogP contribution >= 0.6 is 15.9 Å². The Morgan fingerprint density at radius 2 is 2.15 bits per heavy atom. The molecule has 26 heavy (non-hydrogen) atoms. The summed E-state index contributed by atoms with van der Waals surface area (Å²) >= 11 is 3.44. The molecule has 5 atom stereocenters. The lowest BCUT2D eigenvalue weighted by molar-refractivity contribution is -0.133. The fraction of sp³-hybridized carbons (Fsp3) is 0.600. The summed E-state index contributed by atoms with van der Waals surface area (Å²) in [5.74, 6) is 1.75. The first-order chi connectivity index (χ1) is 12.4. The van der Waals surface area contributed by atoms with Crippen LogP contribution in [0.2, 0.25) is 0 Å². The summed E-state index contributed by atoms with van der Waals surface area (Å²) in [6.07, 6.45) is 3.67. The van der Waals surface area contributed by atoms with E-state index in [0.29, 0.717) is 23.1 Å². The van der Waals surface area contributed by atoms with Crippen molar-refractivity contribution in [3.8, 4) is 5.75 Å². The molecule has 1 saturated heterocycles. The molecule has 0 bridgehead atoms. The minimum Gasteiger partial charge on any atom is -0.497 e. The van der Waals surface area contributed by atoms with Crippen LogP contribution in [0, 0.1) is 17.8 Å². The summed E-state index contributed by atoms with van der Waals surface area (Å²) in [5.41, 5.74) is 0.568. The molecule has 1 aromatic carbocycles. The molecular weight excluding hydrogens is 396 g/mol. The average molecular weight is 423 g/mol. The maximum Gasteiger partial charge on any atom is 0.252 e. The maximum absolute atomic E-state index is 12.7. The number of benzene rings is 1. The number of halogens is 1. The molecule has 2 amide bonds. The third-order valence-corrected chi connectivity index (χ3v) is 6.76. The Labute approximate surface area is 163 Å². The molecule has 1 aliphatic heterocycles. The Kier molecular flexibility index (Phi) is 5.90. The number of carbonyl (C=O) groups excluding carboxylic acids is 2. The van der Waals surface area contributed by atoms with Crippen LogP contribution in [0.5, 0.6) is 5.75 Å². The number of hydrogen-bond acceptors (Lipinski definition) is 3. The Morgan fingerprint density at radius 1 is 1.38 bits per heavy atom. The van der Waals surface area contributed by atoms with Gasteiger partial charge in [0.2, 0.25) is 5.91 Å². The van der Waals surface area contributed by atoms with Crippen LogP contribution < -0.4 is 15.4 Å². The van der Waals surface area contributed by atoms with Crippen molar-refractivity contribution < 1.29 is 14.3 Å². The summed E-state index contributed by atoms with van der Waals surface area (Å²) in [7, 11) is 1.59. The summed E-state index contributed by atoms with van der Waals surface area (Å²) in [6, 6.07) is 5.61. The fourth-order valence-corrected chi connectivity index (χ4v) is 5.00. The first kappa shape index (κ1) is 19.2. The second-order valence-corrected chi connectivity index (χ2v) is 8.34. The van der Waals surface area contributed by atoms with Crippen LogP contribution in [0.4, 0.5) is 0 Å². The zero-order valence-electron chi connectivity index (χ0n) is 15.5. The quantitative estimate of drug-likeness (QED) is 0.779. The van der Waals surface area contributed by atoms with Crippen LogP contribution in [-0.4, -0.2) is 31.0 Å². The van der Waals surface area contributed by atoms with Crippen LogP contribution in [0.3, 0.4) is 0 Å². The average Bonchev–Trinajstić information content (AvgIpc) is 2.62. The van der Waals surface area contributed by atoms with Gasteiger partial charge in [-0.25, -0.2) is 0 Å². The summed E-state index contributed by atoms with van der Waals surface area (Å²) in [5, 5.41) is 6.34. The zero-order chi connectivity index (χ0) is 18.8. The van der Waals surface area contributed by atoms with Gasteiger partial charge in [0, 0.05) is 22.5 Å². The molecule has 2 fully saturated rings. The van der Waals surface area contributed by atoms with Crippen LogP contribution in [0.25, 0.3) is 0 Å². The predicted molar refractivity (Wildman–Crippen MR) is 104 cm³/mol. The lowest BCUT2D eigenvalue weighted by atomic mass is 9.67. The number of methoxy groups -OCH3 is 1. The van der Waals surface area contributed by atoms with E-state index in [0.717, 1.165) is 30.2 Å².